The number of methoxy groups -OCH3 is 2. The molecule has 2 N–H and O–H groups in total. The first-order valence-electron chi connectivity index (χ1n) is 11.1. The third-order valence-electron chi connectivity index (χ3n) is 6.59. The standard InChI is InChI=1S/C26H24Cl2N2O4S/c1-33-23-12-9-15(13-24(23)34-2)30-35(31,32)16-10-11-22-19(14-16)17-5-3-6-18(17)26(29-22)25-20(27)7-4-8-21(25)28/h3-5,7-14,17-18,26,29-30H,6H2,1-2H3/t17-,18+,26-/m0/s1. The van der Waals surface area contributed by atoms with Crippen molar-refractivity contribution in [3.8, 4) is 11.5 Å². The monoisotopic (exact) mass is 530 g/mol. The number of nitrogens with one attached hydrogen (secondary N) is 2. The lowest BCUT2D eigenvalue weighted by Crippen LogP contribution is -2.29. The highest BCUT2D eigenvalue weighted by Crippen LogP contribution is 2.52. The van der Waals surface area contributed by atoms with Crippen LogP contribution in [0.3, 0.4) is 0 Å². The van der Waals surface area contributed by atoms with E-state index in [1.807, 2.05) is 18.2 Å². The van der Waals surface area contributed by atoms with E-state index in [-0.39, 0.29) is 22.8 Å². The molecule has 1 aliphatic heterocycles. The van der Waals surface area contributed by atoms with Crippen LogP contribution in [0.5, 0.6) is 11.5 Å². The van der Waals surface area contributed by atoms with Crippen molar-refractivity contribution in [2.24, 2.45) is 5.92 Å². The summed E-state index contributed by atoms with van der Waals surface area (Å²) >= 11 is 13.1. The highest BCUT2D eigenvalue weighted by atomic mass is 35.5. The fourth-order valence-corrected chi connectivity index (χ4v) is 6.66. The molecule has 6 nitrogen and oxygen atoms in total. The minimum Gasteiger partial charge on any atom is -0.493 e. The van der Waals surface area contributed by atoms with Gasteiger partial charge in [-0.25, -0.2) is 8.42 Å². The fourth-order valence-electron chi connectivity index (χ4n) is 4.95. The first-order chi connectivity index (χ1) is 16.8. The molecule has 0 aromatic heterocycles. The van der Waals surface area contributed by atoms with E-state index < -0.39 is 10.0 Å². The molecule has 0 spiro atoms. The van der Waals surface area contributed by atoms with Crippen molar-refractivity contribution in [3.05, 3.63) is 87.9 Å². The second-order valence-electron chi connectivity index (χ2n) is 8.54. The molecule has 0 saturated heterocycles. The maximum atomic E-state index is 13.3. The Bertz CT molecular complexity index is 1400. The summed E-state index contributed by atoms with van der Waals surface area (Å²) in [5.41, 5.74) is 3.04. The quantitative estimate of drug-likeness (QED) is 0.349. The smallest absolute Gasteiger partial charge is 0.261 e. The molecule has 0 unspecified atom stereocenters. The van der Waals surface area contributed by atoms with Gasteiger partial charge in [0.25, 0.3) is 10.0 Å². The van der Waals surface area contributed by atoms with Crippen molar-refractivity contribution in [2.75, 3.05) is 24.3 Å². The van der Waals surface area contributed by atoms with Gasteiger partial charge in [0.15, 0.2) is 11.5 Å². The van der Waals surface area contributed by atoms with Crippen LogP contribution in [0.25, 0.3) is 0 Å². The maximum Gasteiger partial charge on any atom is 0.261 e. The lowest BCUT2D eigenvalue weighted by atomic mass is 9.77. The molecule has 3 aromatic carbocycles. The number of benzene rings is 3. The van der Waals surface area contributed by atoms with Gasteiger partial charge in [-0.05, 0) is 60.4 Å². The second-order valence-corrected chi connectivity index (χ2v) is 11.0. The second kappa shape index (κ2) is 9.30. The van der Waals surface area contributed by atoms with Crippen molar-refractivity contribution in [2.45, 2.75) is 23.3 Å². The van der Waals surface area contributed by atoms with Gasteiger partial charge in [0.2, 0.25) is 0 Å². The molecule has 3 atom stereocenters. The molecule has 0 amide bonds. The molecule has 182 valence electrons. The van der Waals surface area contributed by atoms with Crippen LogP contribution >= 0.6 is 23.2 Å². The number of allylic oxidation sites excluding steroid dienone is 2. The van der Waals surface area contributed by atoms with Crippen LogP contribution in [0, 0.1) is 5.92 Å². The van der Waals surface area contributed by atoms with E-state index in [1.54, 1.807) is 36.4 Å². The average Bonchev–Trinajstić information content (AvgIpc) is 3.34. The SMILES string of the molecule is COc1ccc(NS(=O)(=O)c2ccc3c(c2)[C@H]2C=CC[C@H]2[C@@H](c2c(Cl)cccc2Cl)N3)cc1OC. The van der Waals surface area contributed by atoms with Gasteiger partial charge in [0.1, 0.15) is 0 Å². The van der Waals surface area contributed by atoms with E-state index in [0.717, 1.165) is 23.2 Å². The Labute approximate surface area is 214 Å². The predicted octanol–water partition coefficient (Wildman–Crippen LogP) is 6.64. The molecule has 1 aliphatic carbocycles. The van der Waals surface area contributed by atoms with Crippen molar-refractivity contribution in [1.82, 2.24) is 0 Å². The lowest BCUT2D eigenvalue weighted by molar-refractivity contribution is 0.355. The number of sulfonamides is 1. The van der Waals surface area contributed by atoms with Gasteiger partial charge in [0.05, 0.1) is 30.8 Å². The number of ether oxygens (including phenoxy) is 2. The van der Waals surface area contributed by atoms with Crippen molar-refractivity contribution < 1.29 is 17.9 Å². The van der Waals surface area contributed by atoms with Gasteiger partial charge in [-0.2, -0.15) is 0 Å². The summed E-state index contributed by atoms with van der Waals surface area (Å²) in [7, 11) is -0.813. The summed E-state index contributed by atoms with van der Waals surface area (Å²) < 4.78 is 39.7. The molecule has 0 fully saturated rings. The third kappa shape index (κ3) is 4.33. The summed E-state index contributed by atoms with van der Waals surface area (Å²) in [6, 6.07) is 15.4. The molecule has 0 saturated carbocycles. The normalized spacial score (nSPS) is 20.5. The van der Waals surface area contributed by atoms with Crippen LogP contribution in [-0.2, 0) is 10.0 Å². The highest BCUT2D eigenvalue weighted by molar-refractivity contribution is 7.92. The molecule has 2 aliphatic rings. The topological polar surface area (TPSA) is 76.7 Å². The van der Waals surface area contributed by atoms with Gasteiger partial charge in [-0.15, -0.1) is 0 Å². The van der Waals surface area contributed by atoms with Crippen molar-refractivity contribution in [3.63, 3.8) is 0 Å². The van der Waals surface area contributed by atoms with Gasteiger partial charge in [0, 0.05) is 33.3 Å². The Morgan fingerprint density at radius 1 is 0.971 bits per heavy atom. The largest absolute Gasteiger partial charge is 0.493 e. The van der Waals surface area contributed by atoms with Gasteiger partial charge in [-0.3, -0.25) is 4.72 Å². The Morgan fingerprint density at radius 3 is 2.43 bits per heavy atom. The molecule has 1 heterocycles. The molecule has 0 radical (unpaired) electrons. The Balaban J connectivity index is 1.48. The van der Waals surface area contributed by atoms with Gasteiger partial charge < -0.3 is 14.8 Å². The molecule has 9 heteroatoms. The van der Waals surface area contributed by atoms with Gasteiger partial charge >= 0.3 is 0 Å². The average molecular weight is 531 g/mol. The Hall–Kier alpha value is -2.87. The zero-order valence-electron chi connectivity index (χ0n) is 19.1. The number of hydrogen-bond acceptors (Lipinski definition) is 5. The van der Waals surface area contributed by atoms with Crippen LogP contribution in [0.15, 0.2) is 71.6 Å². The first-order valence-corrected chi connectivity index (χ1v) is 13.3. The van der Waals surface area contributed by atoms with Crippen molar-refractivity contribution in [1.29, 1.82) is 0 Å². The summed E-state index contributed by atoms with van der Waals surface area (Å²) in [5, 5.41) is 4.79. The third-order valence-corrected chi connectivity index (χ3v) is 8.63. The zero-order chi connectivity index (χ0) is 24.7. The van der Waals surface area contributed by atoms with E-state index in [4.69, 9.17) is 32.7 Å². The molecule has 5 rings (SSSR count). The van der Waals surface area contributed by atoms with E-state index in [2.05, 4.69) is 22.2 Å². The molecule has 0 bridgehead atoms. The summed E-state index contributed by atoms with van der Waals surface area (Å²) in [6.07, 6.45) is 5.11. The van der Waals surface area contributed by atoms with E-state index in [9.17, 15) is 8.42 Å². The minimum atomic E-state index is -3.84. The van der Waals surface area contributed by atoms with Crippen LogP contribution in [0.2, 0.25) is 10.0 Å². The van der Waals surface area contributed by atoms with Crippen LogP contribution in [0.1, 0.15) is 29.5 Å². The minimum absolute atomic E-state index is 0.0415. The maximum absolute atomic E-state index is 13.3. The molecule has 35 heavy (non-hydrogen) atoms. The number of anilines is 2. The number of rotatable bonds is 6. The van der Waals surface area contributed by atoms with Crippen LogP contribution in [0.4, 0.5) is 11.4 Å². The zero-order valence-corrected chi connectivity index (χ0v) is 21.4. The number of hydrogen-bond donors (Lipinski definition) is 2. The van der Waals surface area contributed by atoms with Crippen molar-refractivity contribution >= 4 is 44.6 Å². The Morgan fingerprint density at radius 2 is 1.71 bits per heavy atom. The summed E-state index contributed by atoms with van der Waals surface area (Å²) in [6.45, 7) is 0. The van der Waals surface area contributed by atoms with E-state index in [1.165, 1.54) is 14.2 Å². The summed E-state index contributed by atoms with van der Waals surface area (Å²) in [4.78, 5) is 0.182. The predicted molar refractivity (Wildman–Crippen MR) is 140 cm³/mol. The van der Waals surface area contributed by atoms with Crippen LogP contribution in [-0.4, -0.2) is 22.6 Å². The van der Waals surface area contributed by atoms with Crippen LogP contribution < -0.4 is 19.5 Å². The molecular formula is C26H24Cl2N2O4S. The fraction of sp³-hybridized carbons (Fsp3) is 0.231. The molecule has 3 aromatic rings. The summed E-state index contributed by atoms with van der Waals surface area (Å²) in [5.74, 6) is 1.16. The Kier molecular flexibility index (Phi) is 6.34. The van der Waals surface area contributed by atoms with Gasteiger partial charge in [-0.1, -0.05) is 41.4 Å². The van der Waals surface area contributed by atoms with E-state index in [0.29, 0.717) is 27.2 Å². The first kappa shape index (κ1) is 23.9. The van der Waals surface area contributed by atoms with E-state index >= 15 is 0 Å². The lowest BCUT2D eigenvalue weighted by Gasteiger charge is -2.38. The molecular weight excluding hydrogens is 507 g/mol. The highest BCUT2D eigenvalue weighted by Gasteiger charge is 2.40. The number of fused-ring (bicyclic) bond motifs is 3. The number of halogens is 2.